The Hall–Kier alpha value is -1.89. The van der Waals surface area contributed by atoms with Crippen LogP contribution in [-0.4, -0.2) is 19.4 Å². The lowest BCUT2D eigenvalue weighted by molar-refractivity contribution is 0.506. The monoisotopic (exact) mass is 392 g/mol. The molecule has 1 heterocycles. The third kappa shape index (κ3) is 3.13. The van der Waals surface area contributed by atoms with Crippen molar-refractivity contribution >= 4 is 32.5 Å². The van der Waals surface area contributed by atoms with Crippen molar-refractivity contribution in [3.8, 4) is 0 Å². The van der Waals surface area contributed by atoms with Crippen LogP contribution in [-0.2, 0) is 22.9 Å². The summed E-state index contributed by atoms with van der Waals surface area (Å²) in [7, 11) is -3.69. The van der Waals surface area contributed by atoms with Crippen molar-refractivity contribution in [2.24, 2.45) is 0 Å². The number of halogens is 2. The number of fused-ring (bicyclic) bond motifs is 3. The lowest BCUT2D eigenvalue weighted by atomic mass is 9.92. The number of hydrogen-bond acceptors (Lipinski definition) is 2. The van der Waals surface area contributed by atoms with E-state index in [-0.39, 0.29) is 10.9 Å². The number of aryl methyl sites for hydroxylation is 2. The van der Waals surface area contributed by atoms with Gasteiger partial charge < -0.3 is 4.98 Å². The Morgan fingerprint density at radius 1 is 1.23 bits per heavy atom. The van der Waals surface area contributed by atoms with Gasteiger partial charge in [0.1, 0.15) is 5.82 Å². The summed E-state index contributed by atoms with van der Waals surface area (Å²) in [4.78, 5) is 3.47. The summed E-state index contributed by atoms with van der Waals surface area (Å²) in [6.07, 6.45) is 2.07. The van der Waals surface area contributed by atoms with Crippen LogP contribution >= 0.6 is 11.6 Å². The Morgan fingerprint density at radius 3 is 2.81 bits per heavy atom. The molecule has 0 bridgehead atoms. The van der Waals surface area contributed by atoms with Crippen LogP contribution in [0.15, 0.2) is 41.3 Å². The number of aromatic nitrogens is 1. The first-order valence-electron chi connectivity index (χ1n) is 8.41. The Balaban J connectivity index is 1.60. The molecule has 0 amide bonds. The zero-order valence-electron chi connectivity index (χ0n) is 14.1. The summed E-state index contributed by atoms with van der Waals surface area (Å²) < 4.78 is 41.5. The van der Waals surface area contributed by atoms with E-state index in [0.29, 0.717) is 23.4 Å². The maximum absolute atomic E-state index is 13.4. The number of aromatic amines is 1. The van der Waals surface area contributed by atoms with Gasteiger partial charge in [-0.1, -0.05) is 17.7 Å². The van der Waals surface area contributed by atoms with E-state index in [1.807, 2.05) is 18.2 Å². The third-order valence-electron chi connectivity index (χ3n) is 4.91. The summed E-state index contributed by atoms with van der Waals surface area (Å²) >= 11 is 6.05. The molecule has 4 nitrogen and oxygen atoms in total. The van der Waals surface area contributed by atoms with Gasteiger partial charge in [0.05, 0.1) is 4.90 Å². The molecule has 4 rings (SSSR count). The van der Waals surface area contributed by atoms with Crippen LogP contribution in [0.4, 0.5) is 4.39 Å². The number of H-pyrrole nitrogens is 1. The van der Waals surface area contributed by atoms with Crippen molar-refractivity contribution < 1.29 is 12.8 Å². The molecule has 3 aromatic rings. The molecule has 1 aliphatic carbocycles. The molecule has 1 unspecified atom stereocenters. The minimum atomic E-state index is -3.69. The van der Waals surface area contributed by atoms with Crippen LogP contribution in [0.25, 0.3) is 10.9 Å². The van der Waals surface area contributed by atoms with Crippen molar-refractivity contribution in [3.05, 3.63) is 64.1 Å². The fourth-order valence-electron chi connectivity index (χ4n) is 3.57. The van der Waals surface area contributed by atoms with Crippen molar-refractivity contribution in [2.75, 3.05) is 0 Å². The van der Waals surface area contributed by atoms with E-state index >= 15 is 0 Å². The summed E-state index contributed by atoms with van der Waals surface area (Å²) in [5, 5.41) is 1.74. The molecule has 1 atom stereocenters. The summed E-state index contributed by atoms with van der Waals surface area (Å²) in [5.41, 5.74) is 3.55. The Morgan fingerprint density at radius 2 is 2.04 bits per heavy atom. The van der Waals surface area contributed by atoms with Gasteiger partial charge in [-0.05, 0) is 67.6 Å². The molecule has 7 heteroatoms. The van der Waals surface area contributed by atoms with Crippen LogP contribution < -0.4 is 4.72 Å². The van der Waals surface area contributed by atoms with Gasteiger partial charge in [0.15, 0.2) is 0 Å². The first kappa shape index (κ1) is 17.5. The van der Waals surface area contributed by atoms with Gasteiger partial charge in [-0.25, -0.2) is 17.5 Å². The SMILES string of the molecule is Cc1cc(S(=O)(=O)NC2CCc3[nH]c4cc(Cl)ccc4c3C2)ccc1F. The molecule has 1 aromatic heterocycles. The molecule has 2 N–H and O–H groups in total. The minimum Gasteiger partial charge on any atom is -0.358 e. The highest BCUT2D eigenvalue weighted by atomic mass is 35.5. The predicted octanol–water partition coefficient (Wildman–Crippen LogP) is 4.10. The average Bonchev–Trinajstić information content (AvgIpc) is 2.93. The molecule has 1 aliphatic rings. The zero-order chi connectivity index (χ0) is 18.5. The molecule has 0 spiro atoms. The molecule has 0 radical (unpaired) electrons. The lowest BCUT2D eigenvalue weighted by Crippen LogP contribution is -2.38. The Bertz CT molecular complexity index is 1110. The minimum absolute atomic E-state index is 0.0907. The maximum atomic E-state index is 13.4. The second kappa shape index (κ2) is 6.37. The van der Waals surface area contributed by atoms with E-state index in [1.54, 1.807) is 6.92 Å². The van der Waals surface area contributed by atoms with E-state index in [2.05, 4.69) is 9.71 Å². The molecular formula is C19H18ClFN2O2S. The van der Waals surface area contributed by atoms with Gasteiger partial charge in [0.2, 0.25) is 10.0 Å². The van der Waals surface area contributed by atoms with E-state index in [1.165, 1.54) is 18.2 Å². The number of rotatable bonds is 3. The van der Waals surface area contributed by atoms with Crippen LogP contribution in [0.2, 0.25) is 5.02 Å². The van der Waals surface area contributed by atoms with E-state index < -0.39 is 15.8 Å². The van der Waals surface area contributed by atoms with Crippen LogP contribution in [0.5, 0.6) is 0 Å². The number of hydrogen-bond donors (Lipinski definition) is 2. The highest BCUT2D eigenvalue weighted by molar-refractivity contribution is 7.89. The average molecular weight is 393 g/mol. The van der Waals surface area contributed by atoms with Crippen LogP contribution in [0.1, 0.15) is 23.2 Å². The molecule has 0 saturated heterocycles. The van der Waals surface area contributed by atoms with Gasteiger partial charge in [-0.2, -0.15) is 0 Å². The largest absolute Gasteiger partial charge is 0.358 e. The standard InChI is InChI=1S/C19H18ClFN2O2S/c1-11-8-14(4-6-17(11)21)26(24,25)23-13-3-7-18-16(10-13)15-5-2-12(20)9-19(15)22-18/h2,4-6,8-9,13,22-23H,3,7,10H2,1H3. The van der Waals surface area contributed by atoms with Crippen LogP contribution in [0, 0.1) is 12.7 Å². The number of nitrogens with one attached hydrogen (secondary N) is 2. The van der Waals surface area contributed by atoms with Gasteiger partial charge >= 0.3 is 0 Å². The second-order valence-corrected chi connectivity index (χ2v) is 8.89. The van der Waals surface area contributed by atoms with Gasteiger partial charge in [0, 0.05) is 27.7 Å². The fraction of sp³-hybridized carbons (Fsp3) is 0.263. The normalized spacial score (nSPS) is 17.4. The topological polar surface area (TPSA) is 62.0 Å². The fourth-order valence-corrected chi connectivity index (χ4v) is 5.10. The highest BCUT2D eigenvalue weighted by Crippen LogP contribution is 2.31. The third-order valence-corrected chi connectivity index (χ3v) is 6.66. The zero-order valence-corrected chi connectivity index (χ0v) is 15.7. The van der Waals surface area contributed by atoms with E-state index in [0.717, 1.165) is 28.6 Å². The van der Waals surface area contributed by atoms with Crippen LogP contribution in [0.3, 0.4) is 0 Å². The number of benzene rings is 2. The van der Waals surface area contributed by atoms with Crippen molar-refractivity contribution in [1.29, 1.82) is 0 Å². The Kier molecular flexibility index (Phi) is 4.29. The number of sulfonamides is 1. The van der Waals surface area contributed by atoms with E-state index in [4.69, 9.17) is 11.6 Å². The van der Waals surface area contributed by atoms with Crippen molar-refractivity contribution in [2.45, 2.75) is 37.1 Å². The summed E-state index contributed by atoms with van der Waals surface area (Å²) in [6.45, 7) is 1.55. The molecule has 0 saturated carbocycles. The Labute approximate surface area is 156 Å². The molecule has 0 aliphatic heterocycles. The first-order valence-corrected chi connectivity index (χ1v) is 10.3. The lowest BCUT2D eigenvalue weighted by Gasteiger charge is -2.23. The molecule has 2 aromatic carbocycles. The predicted molar refractivity (Wildman–Crippen MR) is 101 cm³/mol. The summed E-state index contributed by atoms with van der Waals surface area (Å²) in [6, 6.07) is 9.33. The molecule has 0 fully saturated rings. The van der Waals surface area contributed by atoms with Gasteiger partial charge in [-0.3, -0.25) is 0 Å². The molecular weight excluding hydrogens is 375 g/mol. The molecule has 136 valence electrons. The second-order valence-electron chi connectivity index (χ2n) is 6.74. The highest BCUT2D eigenvalue weighted by Gasteiger charge is 2.27. The van der Waals surface area contributed by atoms with Gasteiger partial charge in [0.25, 0.3) is 0 Å². The smallest absolute Gasteiger partial charge is 0.240 e. The quantitative estimate of drug-likeness (QED) is 0.704. The first-order chi connectivity index (χ1) is 12.3. The molecule has 26 heavy (non-hydrogen) atoms. The van der Waals surface area contributed by atoms with Crippen molar-refractivity contribution in [3.63, 3.8) is 0 Å². The summed E-state index contributed by atoms with van der Waals surface area (Å²) in [5.74, 6) is -0.413. The van der Waals surface area contributed by atoms with Gasteiger partial charge in [-0.15, -0.1) is 0 Å². The maximum Gasteiger partial charge on any atom is 0.240 e. The van der Waals surface area contributed by atoms with E-state index in [9.17, 15) is 12.8 Å². The van der Waals surface area contributed by atoms with Crippen molar-refractivity contribution in [1.82, 2.24) is 9.71 Å².